The zero-order valence-electron chi connectivity index (χ0n) is 11.5. The fraction of sp³-hybridized carbons (Fsp3) is 0.462. The van der Waals surface area contributed by atoms with E-state index in [1.54, 1.807) is 17.0 Å². The van der Waals surface area contributed by atoms with Crippen molar-refractivity contribution in [2.45, 2.75) is 23.6 Å². The first kappa shape index (κ1) is 14.3. The lowest BCUT2D eigenvalue weighted by atomic mass is 10.2. The number of rotatable bonds is 5. The van der Waals surface area contributed by atoms with Gasteiger partial charge < -0.3 is 14.4 Å². The molecule has 0 aliphatic carbocycles. The number of carbonyl (C=O) groups is 1. The van der Waals surface area contributed by atoms with Crippen LogP contribution in [0.2, 0.25) is 0 Å². The standard InChI is InChI=1S/C13H16N2O5S/c1-19-9-2-4-11(5-3-9)21(17,18)14-7-10-8-15-12(16)6-13(15)20-10/h2-5,10,13-14H,6-8H2,1H3. The number of benzene rings is 1. The predicted octanol–water partition coefficient (Wildman–Crippen LogP) is -0.0693. The number of hydrogen-bond acceptors (Lipinski definition) is 5. The molecule has 2 atom stereocenters. The Bertz CT molecular complexity index is 643. The Morgan fingerprint density at radius 2 is 2.10 bits per heavy atom. The summed E-state index contributed by atoms with van der Waals surface area (Å²) in [7, 11) is -2.07. The van der Waals surface area contributed by atoms with Gasteiger partial charge in [0.2, 0.25) is 15.9 Å². The lowest BCUT2D eigenvalue weighted by molar-refractivity contribution is -0.156. The number of fused-ring (bicyclic) bond motifs is 1. The third kappa shape index (κ3) is 2.74. The van der Waals surface area contributed by atoms with E-state index in [4.69, 9.17) is 9.47 Å². The summed E-state index contributed by atoms with van der Waals surface area (Å²) in [5.74, 6) is 0.650. The monoisotopic (exact) mass is 312 g/mol. The minimum absolute atomic E-state index is 0.0560. The number of hydrogen-bond donors (Lipinski definition) is 1. The van der Waals surface area contributed by atoms with Crippen LogP contribution in [0, 0.1) is 0 Å². The van der Waals surface area contributed by atoms with Crippen molar-refractivity contribution in [1.82, 2.24) is 9.62 Å². The number of methoxy groups -OCH3 is 1. The molecular weight excluding hydrogens is 296 g/mol. The first-order valence-electron chi connectivity index (χ1n) is 6.58. The number of ether oxygens (including phenoxy) is 2. The van der Waals surface area contributed by atoms with Gasteiger partial charge >= 0.3 is 0 Å². The lowest BCUT2D eigenvalue weighted by Crippen LogP contribution is -2.48. The number of sulfonamides is 1. The van der Waals surface area contributed by atoms with Crippen molar-refractivity contribution in [3.63, 3.8) is 0 Å². The van der Waals surface area contributed by atoms with E-state index >= 15 is 0 Å². The molecule has 0 saturated carbocycles. The minimum Gasteiger partial charge on any atom is -0.497 e. The molecule has 1 amide bonds. The molecule has 0 spiro atoms. The third-order valence-electron chi connectivity index (χ3n) is 3.64. The Balaban J connectivity index is 1.59. The van der Waals surface area contributed by atoms with Gasteiger partial charge in [0.1, 0.15) is 12.0 Å². The van der Waals surface area contributed by atoms with E-state index in [1.165, 1.54) is 19.2 Å². The first-order chi connectivity index (χ1) is 9.99. The van der Waals surface area contributed by atoms with Crippen LogP contribution in [0.1, 0.15) is 6.42 Å². The van der Waals surface area contributed by atoms with Gasteiger partial charge in [-0.3, -0.25) is 4.79 Å². The Hall–Kier alpha value is -1.64. The summed E-state index contributed by atoms with van der Waals surface area (Å²) in [5, 5.41) is 0. The van der Waals surface area contributed by atoms with E-state index in [0.29, 0.717) is 18.7 Å². The van der Waals surface area contributed by atoms with E-state index in [-0.39, 0.29) is 29.7 Å². The zero-order valence-corrected chi connectivity index (χ0v) is 12.3. The van der Waals surface area contributed by atoms with Crippen LogP contribution >= 0.6 is 0 Å². The van der Waals surface area contributed by atoms with Crippen molar-refractivity contribution in [3.8, 4) is 5.75 Å². The fourth-order valence-electron chi connectivity index (χ4n) is 2.40. The summed E-state index contributed by atoms with van der Waals surface area (Å²) < 4.78 is 37.3. The summed E-state index contributed by atoms with van der Waals surface area (Å²) in [5.41, 5.74) is 0. The summed E-state index contributed by atoms with van der Waals surface area (Å²) >= 11 is 0. The van der Waals surface area contributed by atoms with Gasteiger partial charge in [0.25, 0.3) is 0 Å². The van der Waals surface area contributed by atoms with Gasteiger partial charge in [-0.25, -0.2) is 13.1 Å². The van der Waals surface area contributed by atoms with E-state index < -0.39 is 10.0 Å². The molecule has 3 rings (SSSR count). The van der Waals surface area contributed by atoms with Gasteiger partial charge in [0.15, 0.2) is 0 Å². The molecule has 2 aliphatic rings. The Morgan fingerprint density at radius 3 is 2.67 bits per heavy atom. The molecule has 0 aromatic heterocycles. The number of carbonyl (C=O) groups excluding carboxylic acids is 1. The average molecular weight is 312 g/mol. The third-order valence-corrected chi connectivity index (χ3v) is 5.08. The quantitative estimate of drug-likeness (QED) is 0.769. The van der Waals surface area contributed by atoms with E-state index in [9.17, 15) is 13.2 Å². The highest BCUT2D eigenvalue weighted by Crippen LogP contribution is 2.28. The minimum atomic E-state index is -3.59. The zero-order chi connectivity index (χ0) is 15.0. The Morgan fingerprint density at radius 1 is 1.38 bits per heavy atom. The van der Waals surface area contributed by atoms with Gasteiger partial charge in [0, 0.05) is 6.54 Å². The largest absolute Gasteiger partial charge is 0.497 e. The summed E-state index contributed by atoms with van der Waals surface area (Å²) in [6, 6.07) is 6.14. The molecule has 2 heterocycles. The highest BCUT2D eigenvalue weighted by atomic mass is 32.2. The maximum atomic E-state index is 12.1. The van der Waals surface area contributed by atoms with Crippen molar-refractivity contribution in [2.24, 2.45) is 0 Å². The SMILES string of the molecule is COc1ccc(S(=O)(=O)NCC2CN3C(=O)CC3O2)cc1. The van der Waals surface area contributed by atoms with Crippen LogP contribution < -0.4 is 9.46 Å². The molecule has 0 radical (unpaired) electrons. The maximum absolute atomic E-state index is 12.1. The summed E-state index contributed by atoms with van der Waals surface area (Å²) in [6.45, 7) is 0.587. The summed E-state index contributed by atoms with van der Waals surface area (Å²) in [6.07, 6.45) is -0.0793. The molecule has 1 aromatic carbocycles. The predicted molar refractivity (Wildman–Crippen MR) is 73.2 cm³/mol. The van der Waals surface area contributed by atoms with Crippen molar-refractivity contribution in [2.75, 3.05) is 20.2 Å². The number of nitrogens with one attached hydrogen (secondary N) is 1. The molecule has 1 aromatic rings. The molecule has 2 aliphatic heterocycles. The van der Waals surface area contributed by atoms with Crippen LogP contribution in [0.3, 0.4) is 0 Å². The van der Waals surface area contributed by atoms with Crippen molar-refractivity contribution >= 4 is 15.9 Å². The average Bonchev–Trinajstić information content (AvgIpc) is 2.82. The highest BCUT2D eigenvalue weighted by molar-refractivity contribution is 7.89. The molecule has 2 fully saturated rings. The molecule has 2 unspecified atom stereocenters. The van der Waals surface area contributed by atoms with Crippen molar-refractivity contribution in [1.29, 1.82) is 0 Å². The maximum Gasteiger partial charge on any atom is 0.240 e. The van der Waals surface area contributed by atoms with Crippen molar-refractivity contribution < 1.29 is 22.7 Å². The second kappa shape index (κ2) is 5.28. The van der Waals surface area contributed by atoms with Crippen molar-refractivity contribution in [3.05, 3.63) is 24.3 Å². The molecule has 1 N–H and O–H groups in total. The van der Waals surface area contributed by atoms with E-state index in [0.717, 1.165) is 0 Å². The van der Waals surface area contributed by atoms with Crippen LogP contribution in [0.5, 0.6) is 5.75 Å². The van der Waals surface area contributed by atoms with E-state index in [1.807, 2.05) is 0 Å². The van der Waals surface area contributed by atoms with Gasteiger partial charge in [-0.1, -0.05) is 0 Å². The van der Waals surface area contributed by atoms with E-state index in [2.05, 4.69) is 4.72 Å². The smallest absolute Gasteiger partial charge is 0.240 e. The van der Waals surface area contributed by atoms with Crippen LogP contribution in [0.25, 0.3) is 0 Å². The van der Waals surface area contributed by atoms with Gasteiger partial charge in [-0.15, -0.1) is 0 Å². The molecule has 2 saturated heterocycles. The second-order valence-electron chi connectivity index (χ2n) is 4.99. The Labute approximate surface area is 122 Å². The molecule has 21 heavy (non-hydrogen) atoms. The number of amides is 1. The molecular formula is C13H16N2O5S. The van der Waals surface area contributed by atoms with Crippen LogP contribution in [-0.4, -0.2) is 51.8 Å². The molecule has 114 valence electrons. The molecule has 7 nitrogen and oxygen atoms in total. The van der Waals surface area contributed by atoms with Crippen LogP contribution in [0.15, 0.2) is 29.2 Å². The molecule has 0 bridgehead atoms. The normalized spacial score (nSPS) is 24.6. The van der Waals surface area contributed by atoms with Crippen LogP contribution in [0.4, 0.5) is 0 Å². The second-order valence-corrected chi connectivity index (χ2v) is 6.76. The van der Waals surface area contributed by atoms with Crippen LogP contribution in [-0.2, 0) is 19.6 Å². The number of β-lactam (4-membered cyclic amide) rings is 1. The Kier molecular flexibility index (Phi) is 3.60. The van der Waals surface area contributed by atoms with Gasteiger partial charge in [0.05, 0.1) is 31.1 Å². The van der Waals surface area contributed by atoms with Gasteiger partial charge in [-0.2, -0.15) is 0 Å². The fourth-order valence-corrected chi connectivity index (χ4v) is 3.47. The molecule has 8 heteroatoms. The lowest BCUT2D eigenvalue weighted by Gasteiger charge is -2.31. The summed E-state index contributed by atoms with van der Waals surface area (Å²) in [4.78, 5) is 13.0. The topological polar surface area (TPSA) is 84.9 Å². The number of nitrogens with zero attached hydrogens (tertiary/aromatic N) is 1. The van der Waals surface area contributed by atoms with Gasteiger partial charge in [-0.05, 0) is 24.3 Å². The highest BCUT2D eigenvalue weighted by Gasteiger charge is 2.45. The first-order valence-corrected chi connectivity index (χ1v) is 8.06.